The molecule has 0 radical (unpaired) electrons. The summed E-state index contributed by atoms with van der Waals surface area (Å²) < 4.78 is 0. The molecule has 0 bridgehead atoms. The van der Waals surface area contributed by atoms with Crippen LogP contribution in [0, 0.1) is 5.92 Å². The summed E-state index contributed by atoms with van der Waals surface area (Å²) in [5, 5.41) is 11.9. The van der Waals surface area contributed by atoms with Gasteiger partial charge in [0.1, 0.15) is 0 Å². The van der Waals surface area contributed by atoms with Crippen LogP contribution in [0.25, 0.3) is 0 Å². The SMILES string of the molecule is CC(O)(C[C@H]1CCCN(CC2(c3ccc(Cl)cc3)CCC2)C1)c1ccccc1. The van der Waals surface area contributed by atoms with Gasteiger partial charge in [0, 0.05) is 23.5 Å². The first-order valence-corrected chi connectivity index (χ1v) is 11.1. The normalized spacial score (nSPS) is 24.3. The number of hydrogen-bond acceptors (Lipinski definition) is 2. The molecule has 1 saturated carbocycles. The number of nitrogens with zero attached hydrogens (tertiary/aromatic N) is 1. The Morgan fingerprint density at radius 3 is 2.43 bits per heavy atom. The number of halogens is 1. The average Bonchev–Trinajstić information content (AvgIpc) is 2.66. The van der Waals surface area contributed by atoms with Crippen LogP contribution in [0.2, 0.25) is 5.02 Å². The third-order valence-electron chi connectivity index (χ3n) is 6.98. The second-order valence-corrected chi connectivity index (χ2v) is 9.66. The molecule has 0 aromatic heterocycles. The summed E-state index contributed by atoms with van der Waals surface area (Å²) >= 11 is 6.11. The van der Waals surface area contributed by atoms with E-state index in [1.54, 1.807) is 0 Å². The zero-order chi connectivity index (χ0) is 19.6. The van der Waals surface area contributed by atoms with Crippen molar-refractivity contribution in [2.75, 3.05) is 19.6 Å². The fourth-order valence-electron chi connectivity index (χ4n) is 5.31. The predicted molar refractivity (Wildman–Crippen MR) is 117 cm³/mol. The van der Waals surface area contributed by atoms with Crippen LogP contribution in [0.5, 0.6) is 0 Å². The Labute approximate surface area is 174 Å². The first kappa shape index (κ1) is 19.9. The van der Waals surface area contributed by atoms with Crippen LogP contribution >= 0.6 is 11.6 Å². The summed E-state index contributed by atoms with van der Waals surface area (Å²) in [4.78, 5) is 2.66. The molecule has 2 aromatic rings. The Balaban J connectivity index is 1.42. The maximum atomic E-state index is 11.1. The average molecular weight is 398 g/mol. The van der Waals surface area contributed by atoms with E-state index in [2.05, 4.69) is 17.0 Å². The number of benzene rings is 2. The van der Waals surface area contributed by atoms with E-state index in [1.807, 2.05) is 49.4 Å². The highest BCUT2D eigenvalue weighted by Crippen LogP contribution is 2.45. The van der Waals surface area contributed by atoms with E-state index in [1.165, 1.54) is 44.2 Å². The van der Waals surface area contributed by atoms with Gasteiger partial charge in [-0.3, -0.25) is 0 Å². The molecule has 4 rings (SSSR count). The molecule has 1 heterocycles. The van der Waals surface area contributed by atoms with E-state index in [9.17, 15) is 5.11 Å². The number of piperidine rings is 1. The van der Waals surface area contributed by atoms with Gasteiger partial charge in [0.05, 0.1) is 5.60 Å². The fraction of sp³-hybridized carbons (Fsp3) is 0.520. The maximum absolute atomic E-state index is 11.1. The smallest absolute Gasteiger partial charge is 0.0871 e. The van der Waals surface area contributed by atoms with Crippen LogP contribution in [-0.4, -0.2) is 29.6 Å². The van der Waals surface area contributed by atoms with E-state index in [4.69, 9.17) is 11.6 Å². The van der Waals surface area contributed by atoms with Gasteiger partial charge in [0.15, 0.2) is 0 Å². The van der Waals surface area contributed by atoms with Crippen molar-refractivity contribution in [1.29, 1.82) is 0 Å². The summed E-state index contributed by atoms with van der Waals surface area (Å²) in [5.74, 6) is 0.548. The molecule has 2 aromatic carbocycles. The number of likely N-dealkylation sites (tertiary alicyclic amines) is 1. The Kier molecular flexibility index (Phi) is 5.83. The Morgan fingerprint density at radius 1 is 1.07 bits per heavy atom. The van der Waals surface area contributed by atoms with Crippen LogP contribution in [0.15, 0.2) is 54.6 Å². The molecule has 2 atom stereocenters. The van der Waals surface area contributed by atoms with Gasteiger partial charge in [0.2, 0.25) is 0 Å². The number of aliphatic hydroxyl groups is 1. The number of hydrogen-bond donors (Lipinski definition) is 1. The van der Waals surface area contributed by atoms with Crippen molar-refractivity contribution in [2.24, 2.45) is 5.92 Å². The van der Waals surface area contributed by atoms with Gasteiger partial charge in [-0.25, -0.2) is 0 Å². The summed E-state index contributed by atoms with van der Waals surface area (Å²) in [7, 11) is 0. The van der Waals surface area contributed by atoms with Crippen molar-refractivity contribution in [1.82, 2.24) is 4.90 Å². The molecule has 150 valence electrons. The first-order valence-electron chi connectivity index (χ1n) is 10.7. The van der Waals surface area contributed by atoms with Crippen LogP contribution in [0.4, 0.5) is 0 Å². The molecule has 1 aliphatic carbocycles. The van der Waals surface area contributed by atoms with Crippen molar-refractivity contribution in [3.63, 3.8) is 0 Å². The predicted octanol–water partition coefficient (Wildman–Crippen LogP) is 5.77. The van der Waals surface area contributed by atoms with E-state index in [-0.39, 0.29) is 0 Å². The molecular formula is C25H32ClNO. The van der Waals surface area contributed by atoms with Crippen LogP contribution in [0.1, 0.15) is 56.6 Å². The molecule has 1 aliphatic heterocycles. The van der Waals surface area contributed by atoms with Gasteiger partial charge >= 0.3 is 0 Å². The second-order valence-electron chi connectivity index (χ2n) is 9.23. The Bertz CT molecular complexity index is 767. The molecule has 2 fully saturated rings. The van der Waals surface area contributed by atoms with E-state index < -0.39 is 5.60 Å². The van der Waals surface area contributed by atoms with Gasteiger partial charge < -0.3 is 10.0 Å². The minimum Gasteiger partial charge on any atom is -0.385 e. The quantitative estimate of drug-likeness (QED) is 0.668. The van der Waals surface area contributed by atoms with Gasteiger partial charge in [-0.1, -0.05) is 60.5 Å². The minimum absolute atomic E-state index is 0.300. The van der Waals surface area contributed by atoms with Gasteiger partial charge in [0.25, 0.3) is 0 Å². The van der Waals surface area contributed by atoms with Gasteiger partial charge in [-0.05, 0) is 74.8 Å². The lowest BCUT2D eigenvalue weighted by Gasteiger charge is -2.48. The molecule has 3 heteroatoms. The van der Waals surface area contributed by atoms with Crippen molar-refractivity contribution in [3.8, 4) is 0 Å². The second kappa shape index (κ2) is 8.18. The Hall–Kier alpha value is -1.35. The van der Waals surface area contributed by atoms with Crippen LogP contribution in [0.3, 0.4) is 0 Å². The molecule has 1 unspecified atom stereocenters. The Morgan fingerprint density at radius 2 is 1.79 bits per heavy atom. The monoisotopic (exact) mass is 397 g/mol. The van der Waals surface area contributed by atoms with Crippen molar-refractivity contribution in [2.45, 2.75) is 56.5 Å². The highest BCUT2D eigenvalue weighted by Gasteiger charge is 2.41. The number of rotatable bonds is 6. The van der Waals surface area contributed by atoms with E-state index in [0.29, 0.717) is 11.3 Å². The maximum Gasteiger partial charge on any atom is 0.0871 e. The van der Waals surface area contributed by atoms with E-state index >= 15 is 0 Å². The largest absolute Gasteiger partial charge is 0.385 e. The summed E-state index contributed by atoms with van der Waals surface area (Å²) in [6.45, 7) is 5.39. The van der Waals surface area contributed by atoms with Crippen molar-refractivity contribution in [3.05, 3.63) is 70.7 Å². The lowest BCUT2D eigenvalue weighted by molar-refractivity contribution is 0.00885. The lowest BCUT2D eigenvalue weighted by Crippen LogP contribution is -2.49. The summed E-state index contributed by atoms with van der Waals surface area (Å²) in [5.41, 5.74) is 2.03. The zero-order valence-corrected chi connectivity index (χ0v) is 17.7. The molecule has 2 nitrogen and oxygen atoms in total. The zero-order valence-electron chi connectivity index (χ0n) is 16.9. The summed E-state index contributed by atoms with van der Waals surface area (Å²) in [6.07, 6.45) is 7.15. The van der Waals surface area contributed by atoms with Gasteiger partial charge in [-0.2, -0.15) is 0 Å². The first-order chi connectivity index (χ1) is 13.5. The van der Waals surface area contributed by atoms with Crippen molar-refractivity contribution < 1.29 is 5.11 Å². The molecule has 0 amide bonds. The van der Waals surface area contributed by atoms with Crippen molar-refractivity contribution >= 4 is 11.6 Å². The molecule has 1 N–H and O–H groups in total. The molecule has 2 aliphatic rings. The molecular weight excluding hydrogens is 366 g/mol. The highest BCUT2D eigenvalue weighted by atomic mass is 35.5. The third-order valence-corrected chi connectivity index (χ3v) is 7.23. The molecule has 0 spiro atoms. The molecule has 28 heavy (non-hydrogen) atoms. The van der Waals surface area contributed by atoms with Crippen LogP contribution < -0.4 is 0 Å². The third kappa shape index (κ3) is 4.30. The van der Waals surface area contributed by atoms with E-state index in [0.717, 1.165) is 30.1 Å². The molecule has 1 saturated heterocycles. The topological polar surface area (TPSA) is 23.5 Å². The standard InChI is InChI=1S/C25H32ClNO/c1-24(28,21-8-3-2-4-9-21)17-20-7-5-16-27(18-20)19-25(14-6-15-25)22-10-12-23(26)13-11-22/h2-4,8-13,20,28H,5-7,14-19H2,1H3/t20-,24?/m1/s1. The lowest BCUT2D eigenvalue weighted by atomic mass is 9.64. The minimum atomic E-state index is -0.751. The highest BCUT2D eigenvalue weighted by molar-refractivity contribution is 6.30. The van der Waals surface area contributed by atoms with Gasteiger partial charge in [-0.15, -0.1) is 0 Å². The fourth-order valence-corrected chi connectivity index (χ4v) is 5.44. The van der Waals surface area contributed by atoms with Crippen LogP contribution in [-0.2, 0) is 11.0 Å². The summed E-state index contributed by atoms with van der Waals surface area (Å²) in [6, 6.07) is 18.7.